The summed E-state index contributed by atoms with van der Waals surface area (Å²) >= 11 is 0. The molecule has 0 saturated heterocycles. The van der Waals surface area contributed by atoms with Crippen LogP contribution in [0.3, 0.4) is 0 Å². The van der Waals surface area contributed by atoms with Crippen molar-refractivity contribution in [3.8, 4) is 17.2 Å². The van der Waals surface area contributed by atoms with Gasteiger partial charge in [-0.2, -0.15) is 0 Å². The van der Waals surface area contributed by atoms with Gasteiger partial charge in [-0.3, -0.25) is 9.20 Å². The number of anilines is 1. The Bertz CT molecular complexity index is 1600. The van der Waals surface area contributed by atoms with Gasteiger partial charge in [-0.25, -0.2) is 14.4 Å². The third-order valence-electron chi connectivity index (χ3n) is 6.26. The molecule has 4 heterocycles. The summed E-state index contributed by atoms with van der Waals surface area (Å²) in [5, 5.41) is 11.2. The van der Waals surface area contributed by atoms with Crippen molar-refractivity contribution in [2.75, 3.05) is 5.32 Å². The molecule has 0 aliphatic heterocycles. The molecule has 5 aromatic rings. The predicted octanol–water partition coefficient (Wildman–Crippen LogP) is 4.86. The van der Waals surface area contributed by atoms with Crippen LogP contribution in [0.2, 0.25) is 0 Å². The van der Waals surface area contributed by atoms with E-state index in [0.29, 0.717) is 28.7 Å². The van der Waals surface area contributed by atoms with Crippen molar-refractivity contribution in [1.29, 1.82) is 0 Å². The number of hydrogen-bond acceptors (Lipinski definition) is 5. The van der Waals surface area contributed by atoms with Crippen molar-refractivity contribution in [2.45, 2.75) is 32.6 Å². The molecule has 1 N–H and O–H groups in total. The Morgan fingerprint density at radius 3 is 2.77 bits per heavy atom. The molecule has 1 saturated carbocycles. The highest BCUT2D eigenvalue weighted by molar-refractivity contribution is 6.04. The third kappa shape index (κ3) is 3.84. The number of aryl methyl sites for hydroxylation is 2. The minimum Gasteiger partial charge on any atom is -0.306 e. The molecule has 9 heteroatoms. The summed E-state index contributed by atoms with van der Waals surface area (Å²) in [4.78, 5) is 22.1. The van der Waals surface area contributed by atoms with E-state index in [4.69, 9.17) is 0 Å². The van der Waals surface area contributed by atoms with Gasteiger partial charge < -0.3 is 9.88 Å². The molecular weight excluding hydrogens is 445 g/mol. The summed E-state index contributed by atoms with van der Waals surface area (Å²) in [6.45, 7) is 3.77. The molecule has 1 aromatic carbocycles. The Morgan fingerprint density at radius 1 is 1.09 bits per heavy atom. The van der Waals surface area contributed by atoms with Crippen molar-refractivity contribution in [1.82, 2.24) is 29.1 Å². The van der Waals surface area contributed by atoms with Gasteiger partial charge in [-0.15, -0.1) is 10.2 Å². The van der Waals surface area contributed by atoms with Gasteiger partial charge in [0.15, 0.2) is 11.5 Å². The quantitative estimate of drug-likeness (QED) is 0.399. The second-order valence-corrected chi connectivity index (χ2v) is 8.87. The van der Waals surface area contributed by atoms with Gasteiger partial charge in [0, 0.05) is 18.3 Å². The summed E-state index contributed by atoms with van der Waals surface area (Å²) in [6.07, 6.45) is 7.81. The van der Waals surface area contributed by atoms with E-state index >= 15 is 0 Å². The van der Waals surface area contributed by atoms with Crippen LogP contribution in [0.5, 0.6) is 0 Å². The normalized spacial score (nSPS) is 13.3. The molecule has 0 unspecified atom stereocenters. The van der Waals surface area contributed by atoms with Crippen molar-refractivity contribution < 1.29 is 9.18 Å². The summed E-state index contributed by atoms with van der Waals surface area (Å²) in [5.74, 6) is 0.163. The van der Waals surface area contributed by atoms with Gasteiger partial charge in [0.05, 0.1) is 23.3 Å². The lowest BCUT2D eigenvalue weighted by Gasteiger charge is -2.12. The summed E-state index contributed by atoms with van der Waals surface area (Å²) in [5.41, 5.74) is 4.65. The molecule has 0 bridgehead atoms. The van der Waals surface area contributed by atoms with E-state index < -0.39 is 11.7 Å². The average molecular weight is 468 g/mol. The average Bonchev–Trinajstić information content (AvgIpc) is 3.40. The van der Waals surface area contributed by atoms with Crippen LogP contribution in [-0.2, 0) is 0 Å². The number of nitrogens with zero attached hydrogens (tertiary/aromatic N) is 6. The molecule has 8 nitrogen and oxygen atoms in total. The second kappa shape index (κ2) is 8.12. The molecule has 1 fully saturated rings. The molecule has 4 aromatic heterocycles. The van der Waals surface area contributed by atoms with E-state index in [1.165, 1.54) is 6.07 Å². The van der Waals surface area contributed by atoms with Crippen LogP contribution in [-0.4, -0.2) is 35.0 Å². The lowest BCUT2D eigenvalue weighted by atomic mass is 10.1. The molecule has 35 heavy (non-hydrogen) atoms. The van der Waals surface area contributed by atoms with Gasteiger partial charge in [0.25, 0.3) is 5.91 Å². The van der Waals surface area contributed by atoms with E-state index in [1.807, 2.05) is 47.3 Å². The lowest BCUT2D eigenvalue weighted by molar-refractivity contribution is 0.102. The molecule has 0 spiro atoms. The molecular formula is C26H22FN7O. The molecule has 1 amide bonds. The van der Waals surface area contributed by atoms with E-state index in [-0.39, 0.29) is 11.4 Å². The second-order valence-electron chi connectivity index (χ2n) is 8.87. The number of carbonyl (C=O) groups excluding carboxylic acids is 1. The van der Waals surface area contributed by atoms with Gasteiger partial charge in [0.1, 0.15) is 17.3 Å². The Balaban J connectivity index is 1.30. The first-order valence-corrected chi connectivity index (χ1v) is 11.4. The highest BCUT2D eigenvalue weighted by Crippen LogP contribution is 2.39. The summed E-state index contributed by atoms with van der Waals surface area (Å²) < 4.78 is 18.5. The molecule has 0 atom stereocenters. The molecule has 1 aliphatic rings. The number of benzene rings is 1. The molecule has 6 rings (SSSR count). The zero-order valence-electron chi connectivity index (χ0n) is 19.2. The van der Waals surface area contributed by atoms with Crippen LogP contribution in [0.25, 0.3) is 22.9 Å². The largest absolute Gasteiger partial charge is 0.306 e. The number of rotatable bonds is 5. The maximum absolute atomic E-state index is 14.8. The number of imidazole rings is 1. The molecule has 0 radical (unpaired) electrons. The monoisotopic (exact) mass is 467 g/mol. The van der Waals surface area contributed by atoms with Crippen molar-refractivity contribution in [3.05, 3.63) is 89.4 Å². The highest BCUT2D eigenvalue weighted by Gasteiger charge is 2.26. The first kappa shape index (κ1) is 21.2. The number of carbonyl (C=O) groups is 1. The number of fused-ring (bicyclic) bond motifs is 1. The fourth-order valence-corrected chi connectivity index (χ4v) is 4.21. The minimum absolute atomic E-state index is 0.0666. The minimum atomic E-state index is -0.596. The number of amides is 1. The Labute approximate surface area is 200 Å². The van der Waals surface area contributed by atoms with E-state index in [0.717, 1.165) is 29.7 Å². The summed E-state index contributed by atoms with van der Waals surface area (Å²) in [7, 11) is 0. The maximum Gasteiger partial charge on any atom is 0.259 e. The van der Waals surface area contributed by atoms with Gasteiger partial charge in [0.2, 0.25) is 0 Å². The fourth-order valence-electron chi connectivity index (χ4n) is 4.21. The van der Waals surface area contributed by atoms with Crippen LogP contribution in [0.15, 0.2) is 61.2 Å². The van der Waals surface area contributed by atoms with Crippen LogP contribution in [0, 0.1) is 19.7 Å². The van der Waals surface area contributed by atoms with Crippen molar-refractivity contribution in [2.24, 2.45) is 0 Å². The molecule has 174 valence electrons. The van der Waals surface area contributed by atoms with Crippen LogP contribution in [0.4, 0.5) is 10.2 Å². The van der Waals surface area contributed by atoms with Gasteiger partial charge in [-0.1, -0.05) is 12.1 Å². The first-order valence-electron chi connectivity index (χ1n) is 11.4. The fraction of sp³-hybridized carbons (Fsp3) is 0.192. The maximum atomic E-state index is 14.8. The smallest absolute Gasteiger partial charge is 0.259 e. The Morgan fingerprint density at radius 2 is 1.94 bits per heavy atom. The van der Waals surface area contributed by atoms with E-state index in [2.05, 4.69) is 25.5 Å². The number of halogens is 1. The number of pyridine rings is 2. The zero-order valence-corrected chi connectivity index (χ0v) is 19.2. The van der Waals surface area contributed by atoms with Crippen LogP contribution in [0.1, 0.15) is 45.9 Å². The standard InChI is InChI=1S/C26H22FN7O/c1-15-5-4-10-34-24(15)31-32-25(34)20-6-3-7-23(29-20)30-26(35)18-12-22(16(2)11-19(18)27)33-13-21(28-14-33)17-8-9-17/h3-7,10-14,17H,8-9H2,1-2H3,(H,29,30,35). The lowest BCUT2D eigenvalue weighted by Crippen LogP contribution is -2.16. The summed E-state index contributed by atoms with van der Waals surface area (Å²) in [6, 6.07) is 12.0. The number of nitrogens with one attached hydrogen (secondary N) is 1. The Hall–Kier alpha value is -4.40. The first-order chi connectivity index (χ1) is 17.0. The van der Waals surface area contributed by atoms with Gasteiger partial charge in [-0.05, 0) is 68.1 Å². The number of aromatic nitrogens is 6. The van der Waals surface area contributed by atoms with Crippen molar-refractivity contribution in [3.63, 3.8) is 0 Å². The predicted molar refractivity (Wildman–Crippen MR) is 129 cm³/mol. The van der Waals surface area contributed by atoms with Crippen LogP contribution >= 0.6 is 0 Å². The zero-order chi connectivity index (χ0) is 24.1. The SMILES string of the molecule is Cc1cc(F)c(C(=O)Nc2cccc(-c3nnc4c(C)cccn34)n2)cc1-n1cnc(C2CC2)c1. The third-order valence-corrected chi connectivity index (χ3v) is 6.26. The van der Waals surface area contributed by atoms with Gasteiger partial charge >= 0.3 is 0 Å². The number of hydrogen-bond donors (Lipinski definition) is 1. The van der Waals surface area contributed by atoms with Crippen molar-refractivity contribution >= 4 is 17.4 Å². The topological polar surface area (TPSA) is 90.0 Å². The van der Waals surface area contributed by atoms with E-state index in [9.17, 15) is 9.18 Å². The molecule has 1 aliphatic carbocycles. The van der Waals surface area contributed by atoms with Crippen LogP contribution < -0.4 is 5.32 Å². The Kier molecular flexibility index (Phi) is 4.91. The highest BCUT2D eigenvalue weighted by atomic mass is 19.1. The van der Waals surface area contributed by atoms with E-state index in [1.54, 1.807) is 30.6 Å².